The molecule has 6 heteroatoms. The van der Waals surface area contributed by atoms with Crippen LogP contribution in [0.1, 0.15) is 0 Å². The minimum Gasteiger partial charge on any atom is -0.386 e. The molecule has 0 saturated carbocycles. The number of nitrogens with zero attached hydrogens (tertiary/aromatic N) is 2. The van der Waals surface area contributed by atoms with E-state index in [1.807, 2.05) is 4.90 Å². The highest BCUT2D eigenvalue weighted by atomic mass is 35.5. The van der Waals surface area contributed by atoms with Crippen molar-refractivity contribution < 1.29 is 9.13 Å². The second kappa shape index (κ2) is 6.02. The molecule has 1 aliphatic heterocycles. The van der Waals surface area contributed by atoms with E-state index in [1.54, 1.807) is 12.1 Å². The van der Waals surface area contributed by atoms with Crippen LogP contribution in [0.15, 0.2) is 23.2 Å². The first-order valence-electron chi connectivity index (χ1n) is 5.72. The smallest absolute Gasteiger partial charge is 0.148 e. The zero-order valence-electron chi connectivity index (χ0n) is 9.90. The lowest BCUT2D eigenvalue weighted by Gasteiger charge is -2.29. The van der Waals surface area contributed by atoms with Crippen molar-refractivity contribution in [3.05, 3.63) is 24.0 Å². The molecule has 0 radical (unpaired) electrons. The van der Waals surface area contributed by atoms with Crippen LogP contribution >= 0.6 is 11.6 Å². The van der Waals surface area contributed by atoms with Crippen LogP contribution in [-0.2, 0) is 4.74 Å². The molecule has 4 nitrogen and oxygen atoms in total. The molecule has 0 amide bonds. The summed E-state index contributed by atoms with van der Waals surface area (Å²) in [6.07, 6.45) is 0. The number of benzene rings is 1. The predicted molar refractivity (Wildman–Crippen MR) is 71.4 cm³/mol. The van der Waals surface area contributed by atoms with Crippen LogP contribution in [0.25, 0.3) is 0 Å². The van der Waals surface area contributed by atoms with Crippen molar-refractivity contribution in [3.8, 4) is 0 Å². The minimum atomic E-state index is -0.305. The molecule has 2 rings (SSSR count). The molecule has 0 unspecified atom stereocenters. The molecule has 98 valence electrons. The van der Waals surface area contributed by atoms with Crippen molar-refractivity contribution >= 4 is 28.8 Å². The maximum Gasteiger partial charge on any atom is 0.148 e. The zero-order valence-corrected chi connectivity index (χ0v) is 10.7. The van der Waals surface area contributed by atoms with Gasteiger partial charge in [-0.2, -0.15) is 0 Å². The highest BCUT2D eigenvalue weighted by Gasteiger charge is 2.15. The Bertz CT molecular complexity index is 447. The summed E-state index contributed by atoms with van der Waals surface area (Å²) >= 11 is 5.52. The van der Waals surface area contributed by atoms with Crippen molar-refractivity contribution in [2.75, 3.05) is 37.1 Å². The van der Waals surface area contributed by atoms with Crippen LogP contribution in [0.3, 0.4) is 0 Å². The molecule has 0 bridgehead atoms. The molecule has 1 aromatic rings. The van der Waals surface area contributed by atoms with Gasteiger partial charge in [0.15, 0.2) is 0 Å². The summed E-state index contributed by atoms with van der Waals surface area (Å²) in [5.41, 5.74) is 6.55. The lowest BCUT2D eigenvalue weighted by molar-refractivity contribution is 0.122. The number of halogens is 2. The van der Waals surface area contributed by atoms with E-state index in [2.05, 4.69) is 4.99 Å². The Morgan fingerprint density at radius 1 is 1.44 bits per heavy atom. The fourth-order valence-electron chi connectivity index (χ4n) is 1.82. The quantitative estimate of drug-likeness (QED) is 0.519. The highest BCUT2D eigenvalue weighted by Crippen LogP contribution is 2.25. The maximum absolute atomic E-state index is 14.0. The van der Waals surface area contributed by atoms with Crippen LogP contribution in [0.2, 0.25) is 0 Å². The molecule has 1 aromatic carbocycles. The first kappa shape index (κ1) is 13.1. The van der Waals surface area contributed by atoms with Crippen LogP contribution in [0, 0.1) is 5.82 Å². The number of hydrogen-bond donors (Lipinski definition) is 1. The molecule has 0 spiro atoms. The summed E-state index contributed by atoms with van der Waals surface area (Å²) in [4.78, 5) is 5.96. The number of aliphatic imine (C=N–C) groups is 1. The number of hydrogen-bond acceptors (Lipinski definition) is 3. The largest absolute Gasteiger partial charge is 0.386 e. The van der Waals surface area contributed by atoms with Gasteiger partial charge in [0, 0.05) is 19.2 Å². The van der Waals surface area contributed by atoms with Crippen LogP contribution in [0.4, 0.5) is 15.8 Å². The molecule has 0 aromatic heterocycles. The molecule has 1 aliphatic rings. The Kier molecular flexibility index (Phi) is 4.38. The summed E-state index contributed by atoms with van der Waals surface area (Å²) in [5, 5.41) is 0. The predicted octanol–water partition coefficient (Wildman–Crippen LogP) is 1.89. The third-order valence-corrected chi connectivity index (χ3v) is 2.97. The van der Waals surface area contributed by atoms with E-state index < -0.39 is 0 Å². The molecule has 18 heavy (non-hydrogen) atoms. The minimum absolute atomic E-state index is 0.132. The van der Waals surface area contributed by atoms with Gasteiger partial charge in [-0.25, -0.2) is 9.38 Å². The van der Waals surface area contributed by atoms with E-state index in [-0.39, 0.29) is 17.5 Å². The number of anilines is 1. The number of amidine groups is 1. The normalized spacial score (nSPS) is 17.0. The number of morpholine rings is 1. The molecule has 1 fully saturated rings. The Hall–Kier alpha value is -1.33. The average Bonchev–Trinajstić information content (AvgIpc) is 2.40. The molecule has 0 atom stereocenters. The summed E-state index contributed by atoms with van der Waals surface area (Å²) in [7, 11) is 0. The van der Waals surface area contributed by atoms with Gasteiger partial charge in [0.2, 0.25) is 0 Å². The summed E-state index contributed by atoms with van der Waals surface area (Å²) in [6, 6.07) is 4.80. The lowest BCUT2D eigenvalue weighted by Crippen LogP contribution is -2.36. The van der Waals surface area contributed by atoms with Gasteiger partial charge in [-0.3, -0.25) is 0 Å². The first-order valence-corrected chi connectivity index (χ1v) is 6.25. The molecule has 2 N–H and O–H groups in total. The molecule has 0 aliphatic carbocycles. The van der Waals surface area contributed by atoms with Gasteiger partial charge in [0.05, 0.1) is 30.5 Å². The topological polar surface area (TPSA) is 50.8 Å². The van der Waals surface area contributed by atoms with Gasteiger partial charge in [-0.15, -0.1) is 11.6 Å². The summed E-state index contributed by atoms with van der Waals surface area (Å²) < 4.78 is 19.2. The first-order chi connectivity index (χ1) is 8.70. The molecule has 1 heterocycles. The Morgan fingerprint density at radius 3 is 2.78 bits per heavy atom. The van der Waals surface area contributed by atoms with Crippen molar-refractivity contribution in [3.63, 3.8) is 0 Å². The zero-order chi connectivity index (χ0) is 13.0. The molecule has 1 saturated heterocycles. The second-order valence-corrected chi connectivity index (χ2v) is 4.24. The Morgan fingerprint density at radius 2 is 2.17 bits per heavy atom. The fourth-order valence-corrected chi connectivity index (χ4v) is 1.88. The summed E-state index contributed by atoms with van der Waals surface area (Å²) in [5.74, 6) is 0.100. The van der Waals surface area contributed by atoms with Gasteiger partial charge in [-0.05, 0) is 12.1 Å². The molecular weight excluding hydrogens is 257 g/mol. The van der Waals surface area contributed by atoms with Crippen molar-refractivity contribution in [1.29, 1.82) is 0 Å². The fraction of sp³-hybridized carbons (Fsp3) is 0.417. The van der Waals surface area contributed by atoms with Crippen LogP contribution in [-0.4, -0.2) is 38.0 Å². The number of ether oxygens (including phenoxy) is 1. The second-order valence-electron chi connectivity index (χ2n) is 3.97. The van der Waals surface area contributed by atoms with Gasteiger partial charge in [0.1, 0.15) is 11.7 Å². The SMILES string of the molecule is NC(CCl)=Nc1ccc(N2CCOCC2)c(F)c1. The Balaban J connectivity index is 2.19. The van der Waals surface area contributed by atoms with E-state index in [0.29, 0.717) is 37.7 Å². The third-order valence-electron chi connectivity index (χ3n) is 2.69. The molecular formula is C12H15ClFN3O. The van der Waals surface area contributed by atoms with E-state index in [9.17, 15) is 4.39 Å². The van der Waals surface area contributed by atoms with Gasteiger partial charge < -0.3 is 15.4 Å². The summed E-state index contributed by atoms with van der Waals surface area (Å²) in [6.45, 7) is 2.64. The highest BCUT2D eigenvalue weighted by molar-refractivity contribution is 6.28. The number of alkyl halides is 1. The van der Waals surface area contributed by atoms with Gasteiger partial charge >= 0.3 is 0 Å². The van der Waals surface area contributed by atoms with Crippen LogP contribution < -0.4 is 10.6 Å². The van der Waals surface area contributed by atoms with E-state index in [1.165, 1.54) is 6.07 Å². The maximum atomic E-state index is 14.0. The monoisotopic (exact) mass is 271 g/mol. The average molecular weight is 272 g/mol. The van der Waals surface area contributed by atoms with Crippen molar-refractivity contribution in [1.82, 2.24) is 0 Å². The lowest BCUT2D eigenvalue weighted by atomic mass is 10.2. The number of nitrogens with two attached hydrogens (primary N) is 1. The Labute approximate surface area is 110 Å². The van der Waals surface area contributed by atoms with Crippen LogP contribution in [0.5, 0.6) is 0 Å². The third kappa shape index (κ3) is 3.11. The van der Waals surface area contributed by atoms with E-state index in [4.69, 9.17) is 22.1 Å². The van der Waals surface area contributed by atoms with Crippen molar-refractivity contribution in [2.45, 2.75) is 0 Å². The van der Waals surface area contributed by atoms with E-state index in [0.717, 1.165) is 0 Å². The van der Waals surface area contributed by atoms with Gasteiger partial charge in [-0.1, -0.05) is 0 Å². The van der Waals surface area contributed by atoms with Crippen molar-refractivity contribution in [2.24, 2.45) is 10.7 Å². The number of rotatable bonds is 3. The standard InChI is InChI=1S/C12H15ClFN3O/c13-8-12(15)16-9-1-2-11(10(14)7-9)17-3-5-18-6-4-17/h1-2,7H,3-6,8H2,(H2,15,16). The van der Waals surface area contributed by atoms with E-state index >= 15 is 0 Å². The van der Waals surface area contributed by atoms with Gasteiger partial charge in [0.25, 0.3) is 0 Å².